The molecule has 1 unspecified atom stereocenters. The van der Waals surface area contributed by atoms with Gasteiger partial charge in [-0.05, 0) is 26.7 Å². The number of carbonyl (C=O) groups is 2. The Labute approximate surface area is 164 Å². The fourth-order valence-electron chi connectivity index (χ4n) is 2.23. The van der Waals surface area contributed by atoms with Crippen molar-refractivity contribution in [1.29, 1.82) is 0 Å². The molecule has 0 amide bonds. The summed E-state index contributed by atoms with van der Waals surface area (Å²) in [5.41, 5.74) is 0. The van der Waals surface area contributed by atoms with Crippen molar-refractivity contribution >= 4 is 20.7 Å². The molecular formula is C18H37NO7Si. The van der Waals surface area contributed by atoms with Gasteiger partial charge in [-0.2, -0.15) is 0 Å². The summed E-state index contributed by atoms with van der Waals surface area (Å²) in [5, 5.41) is 3.04. The Morgan fingerprint density at radius 1 is 0.926 bits per heavy atom. The first-order chi connectivity index (χ1) is 13.0. The maximum absolute atomic E-state index is 12.4. The molecule has 0 aliphatic rings. The second-order valence-corrected chi connectivity index (χ2v) is 8.69. The molecule has 0 fully saturated rings. The SMILES string of the molecule is CCCCOC(=O)CC(NC[Si](OC)(OCC)OCC)C(=O)OCCCC. The van der Waals surface area contributed by atoms with Gasteiger partial charge in [0.1, 0.15) is 6.04 Å². The Morgan fingerprint density at radius 2 is 1.48 bits per heavy atom. The van der Waals surface area contributed by atoms with Gasteiger partial charge in [0, 0.05) is 20.3 Å². The molecule has 9 heteroatoms. The molecule has 27 heavy (non-hydrogen) atoms. The van der Waals surface area contributed by atoms with Crippen molar-refractivity contribution < 1.29 is 32.3 Å². The highest BCUT2D eigenvalue weighted by molar-refractivity contribution is 6.60. The average Bonchev–Trinajstić information content (AvgIpc) is 2.65. The van der Waals surface area contributed by atoms with E-state index >= 15 is 0 Å². The Kier molecular flexibility index (Phi) is 15.4. The maximum atomic E-state index is 12.4. The van der Waals surface area contributed by atoms with Gasteiger partial charge in [0.2, 0.25) is 0 Å². The van der Waals surface area contributed by atoms with Gasteiger partial charge in [0.15, 0.2) is 0 Å². The third kappa shape index (κ3) is 11.4. The number of esters is 2. The fourth-order valence-corrected chi connectivity index (χ4v) is 4.28. The van der Waals surface area contributed by atoms with Crippen molar-refractivity contribution in [3.8, 4) is 0 Å². The van der Waals surface area contributed by atoms with Gasteiger partial charge in [0.05, 0.1) is 25.8 Å². The zero-order chi connectivity index (χ0) is 20.5. The minimum absolute atomic E-state index is 0.110. The number of carbonyl (C=O) groups excluding carboxylic acids is 2. The normalized spacial score (nSPS) is 12.6. The molecule has 0 aromatic heterocycles. The fraction of sp³-hybridized carbons (Fsp3) is 0.889. The quantitative estimate of drug-likeness (QED) is 0.223. The molecule has 160 valence electrons. The number of nitrogens with one attached hydrogen (secondary N) is 1. The highest BCUT2D eigenvalue weighted by Gasteiger charge is 2.41. The van der Waals surface area contributed by atoms with E-state index < -0.39 is 26.8 Å². The van der Waals surface area contributed by atoms with Crippen LogP contribution in [0.1, 0.15) is 59.8 Å². The van der Waals surface area contributed by atoms with Gasteiger partial charge >= 0.3 is 20.7 Å². The summed E-state index contributed by atoms with van der Waals surface area (Å²) >= 11 is 0. The van der Waals surface area contributed by atoms with Crippen LogP contribution in [0.15, 0.2) is 0 Å². The number of unbranched alkanes of at least 4 members (excludes halogenated alkanes) is 2. The van der Waals surface area contributed by atoms with Crippen molar-refractivity contribution in [3.63, 3.8) is 0 Å². The van der Waals surface area contributed by atoms with E-state index in [1.54, 1.807) is 0 Å². The van der Waals surface area contributed by atoms with E-state index in [-0.39, 0.29) is 12.6 Å². The molecule has 0 heterocycles. The van der Waals surface area contributed by atoms with E-state index in [0.29, 0.717) is 26.4 Å². The lowest BCUT2D eigenvalue weighted by atomic mass is 10.2. The summed E-state index contributed by atoms with van der Waals surface area (Å²) in [6.45, 7) is 9.24. The summed E-state index contributed by atoms with van der Waals surface area (Å²) in [7, 11) is -1.45. The molecular weight excluding hydrogens is 370 g/mol. The van der Waals surface area contributed by atoms with Crippen LogP contribution in [0.25, 0.3) is 0 Å². The van der Waals surface area contributed by atoms with E-state index in [0.717, 1.165) is 25.7 Å². The van der Waals surface area contributed by atoms with Crippen LogP contribution >= 0.6 is 0 Å². The van der Waals surface area contributed by atoms with Crippen LogP contribution in [0.2, 0.25) is 0 Å². The van der Waals surface area contributed by atoms with Crippen molar-refractivity contribution in [3.05, 3.63) is 0 Å². The largest absolute Gasteiger partial charge is 0.515 e. The highest BCUT2D eigenvalue weighted by atomic mass is 28.4. The van der Waals surface area contributed by atoms with Crippen molar-refractivity contribution in [1.82, 2.24) is 5.32 Å². The van der Waals surface area contributed by atoms with Crippen LogP contribution in [0.4, 0.5) is 0 Å². The molecule has 1 N–H and O–H groups in total. The van der Waals surface area contributed by atoms with Gasteiger partial charge in [0.25, 0.3) is 0 Å². The lowest BCUT2D eigenvalue weighted by Crippen LogP contribution is -2.57. The maximum Gasteiger partial charge on any atom is 0.515 e. The molecule has 0 radical (unpaired) electrons. The monoisotopic (exact) mass is 407 g/mol. The molecule has 0 aromatic rings. The van der Waals surface area contributed by atoms with Crippen LogP contribution in [0.3, 0.4) is 0 Å². The lowest BCUT2D eigenvalue weighted by molar-refractivity contribution is -0.153. The minimum Gasteiger partial charge on any atom is -0.466 e. The summed E-state index contributed by atoms with van der Waals surface area (Å²) in [4.78, 5) is 24.5. The topological polar surface area (TPSA) is 92.3 Å². The van der Waals surface area contributed by atoms with Crippen LogP contribution in [-0.2, 0) is 32.3 Å². The molecule has 0 rings (SSSR count). The van der Waals surface area contributed by atoms with Crippen LogP contribution in [0, 0.1) is 0 Å². The van der Waals surface area contributed by atoms with E-state index in [9.17, 15) is 9.59 Å². The molecule has 0 saturated carbocycles. The minimum atomic E-state index is -2.97. The predicted molar refractivity (Wildman–Crippen MR) is 104 cm³/mol. The zero-order valence-corrected chi connectivity index (χ0v) is 18.5. The Bertz CT molecular complexity index is 403. The van der Waals surface area contributed by atoms with Gasteiger partial charge < -0.3 is 22.8 Å². The van der Waals surface area contributed by atoms with Crippen LogP contribution < -0.4 is 5.32 Å². The lowest BCUT2D eigenvalue weighted by Gasteiger charge is -2.29. The second-order valence-electron chi connectivity index (χ2n) is 5.99. The van der Waals surface area contributed by atoms with Crippen LogP contribution in [-0.4, -0.2) is 66.5 Å². The summed E-state index contributed by atoms with van der Waals surface area (Å²) in [6.07, 6.45) is 3.49. The standard InChI is InChI=1S/C18H37NO7Si/c1-6-10-12-23-17(20)14-16(18(21)24-13-11-7-2)19-15-27(22-5,25-8-3)26-9-4/h16,19H,6-15H2,1-5H3. The number of hydrogen-bond donors (Lipinski definition) is 1. The second kappa shape index (κ2) is 16.0. The summed E-state index contributed by atoms with van der Waals surface area (Å²) < 4.78 is 27.3. The first kappa shape index (κ1) is 26.0. The summed E-state index contributed by atoms with van der Waals surface area (Å²) in [5.74, 6) is -0.922. The third-order valence-electron chi connectivity index (χ3n) is 3.76. The number of hydrogen-bond acceptors (Lipinski definition) is 8. The van der Waals surface area contributed by atoms with Crippen molar-refractivity contribution in [2.45, 2.75) is 65.8 Å². The van der Waals surface area contributed by atoms with E-state index in [4.69, 9.17) is 22.8 Å². The predicted octanol–water partition coefficient (Wildman–Crippen LogP) is 2.22. The van der Waals surface area contributed by atoms with Gasteiger partial charge in [-0.1, -0.05) is 26.7 Å². The Balaban J connectivity index is 4.93. The van der Waals surface area contributed by atoms with Gasteiger partial charge in [-0.15, -0.1) is 0 Å². The molecule has 0 aromatic carbocycles. The number of ether oxygens (including phenoxy) is 2. The van der Waals surface area contributed by atoms with Gasteiger partial charge in [-0.25, -0.2) is 0 Å². The molecule has 0 bridgehead atoms. The Morgan fingerprint density at radius 3 is 1.96 bits per heavy atom. The third-order valence-corrected chi connectivity index (χ3v) is 6.48. The molecule has 0 aliphatic heterocycles. The Hall–Kier alpha value is -1.00. The smallest absolute Gasteiger partial charge is 0.466 e. The summed E-state index contributed by atoms with van der Waals surface area (Å²) in [6, 6.07) is -0.834. The molecule has 0 aliphatic carbocycles. The zero-order valence-electron chi connectivity index (χ0n) is 17.5. The molecule has 8 nitrogen and oxygen atoms in total. The van der Waals surface area contributed by atoms with Gasteiger partial charge in [-0.3, -0.25) is 14.9 Å². The van der Waals surface area contributed by atoms with E-state index in [1.165, 1.54) is 7.11 Å². The van der Waals surface area contributed by atoms with E-state index in [2.05, 4.69) is 5.32 Å². The molecule has 1 atom stereocenters. The molecule has 0 saturated heterocycles. The average molecular weight is 408 g/mol. The van der Waals surface area contributed by atoms with E-state index in [1.807, 2.05) is 27.7 Å². The van der Waals surface area contributed by atoms with Crippen molar-refractivity contribution in [2.24, 2.45) is 0 Å². The molecule has 0 spiro atoms. The van der Waals surface area contributed by atoms with Crippen LogP contribution in [0.5, 0.6) is 0 Å². The van der Waals surface area contributed by atoms with Crippen molar-refractivity contribution in [2.75, 3.05) is 39.7 Å². The first-order valence-corrected chi connectivity index (χ1v) is 11.8. The number of rotatable bonds is 17. The highest BCUT2D eigenvalue weighted by Crippen LogP contribution is 2.09. The first-order valence-electron chi connectivity index (χ1n) is 9.87.